The molecule has 0 spiro atoms. The number of piperazine rings is 2. The van der Waals surface area contributed by atoms with Crippen LogP contribution in [0.4, 0.5) is 17.8 Å². The van der Waals surface area contributed by atoms with E-state index >= 15 is 0 Å². The third-order valence-electron chi connectivity index (χ3n) is 13.1. The molecule has 8 N–H and O–H groups in total. The molecule has 4 aromatic rings. The maximum atomic E-state index is 14.5. The largest absolute Gasteiger partial charge is 1.00 e. The van der Waals surface area contributed by atoms with Crippen molar-refractivity contribution in [1.29, 1.82) is 0 Å². The minimum Gasteiger partial charge on any atom is -1.00 e. The number of ether oxygens (including phenoxy) is 3. The molecule has 2 aliphatic heterocycles. The van der Waals surface area contributed by atoms with E-state index in [9.17, 15) is 14.7 Å². The van der Waals surface area contributed by atoms with Crippen LogP contribution in [-0.4, -0.2) is 177 Å². The second kappa shape index (κ2) is 29.8. The van der Waals surface area contributed by atoms with E-state index in [4.69, 9.17) is 52.8 Å². The van der Waals surface area contributed by atoms with Gasteiger partial charge in [-0.05, 0) is 61.8 Å². The van der Waals surface area contributed by atoms with Gasteiger partial charge < -0.3 is 73.8 Å². The summed E-state index contributed by atoms with van der Waals surface area (Å²) in [5.74, 6) is 4.32. The molecule has 2 saturated heterocycles. The van der Waals surface area contributed by atoms with Crippen LogP contribution in [0.15, 0.2) is 36.7 Å². The number of rotatable bonds is 29. The number of hydrogen-bond donors (Lipinski definition) is 5. The lowest BCUT2D eigenvalue weighted by Gasteiger charge is -2.38. The van der Waals surface area contributed by atoms with Crippen molar-refractivity contribution in [3.8, 4) is 18.1 Å². The molecular formula is C49H77ClN17O6-. The number of phenols is 1. The number of aromatic nitrogens is 9. The molecule has 5 unspecified atom stereocenters. The maximum Gasteiger partial charge on any atom is 0.247 e. The number of carbonyl (C=O) groups excluding carboxylic acids is 2. The molecule has 2 fully saturated rings. The molecule has 24 heteroatoms. The molecule has 1 aromatic carbocycles. The van der Waals surface area contributed by atoms with Gasteiger partial charge in [-0.1, -0.05) is 62.6 Å². The van der Waals surface area contributed by atoms with Crippen molar-refractivity contribution in [3.05, 3.63) is 53.6 Å². The van der Waals surface area contributed by atoms with Gasteiger partial charge in [0.2, 0.25) is 29.7 Å². The fourth-order valence-corrected chi connectivity index (χ4v) is 8.58. The van der Waals surface area contributed by atoms with Crippen LogP contribution >= 0.6 is 0 Å². The molecule has 5 atom stereocenters. The average molecular weight is 1040 g/mol. The van der Waals surface area contributed by atoms with Crippen LogP contribution in [0.5, 0.6) is 5.75 Å². The number of nitrogens with two attached hydrogens (primary N) is 3. The number of amides is 2. The molecular weight excluding hydrogens is 958 g/mol. The Hall–Kier alpha value is -5.74. The Morgan fingerprint density at radius 1 is 0.767 bits per heavy atom. The Kier molecular flexibility index (Phi) is 23.8. The number of nitrogens with zero attached hydrogens (tertiary/aromatic N) is 13. The van der Waals surface area contributed by atoms with Gasteiger partial charge >= 0.3 is 0 Å². The van der Waals surface area contributed by atoms with E-state index in [1.54, 1.807) is 39.8 Å². The molecule has 0 aliphatic carbocycles. The highest BCUT2D eigenvalue weighted by atomic mass is 35.5. The zero-order valence-electron chi connectivity index (χ0n) is 43.0. The maximum absolute atomic E-state index is 14.5. The standard InChI is InChI=1S/C49H77N17O6.ClH/c1-6-25-70-27-29-72-30-28-71-26-16-53-47-54-48(63-21-17-61(18-22-63)45(68)42(10-8-9-15-50)65-33-40(57-59-65)39(51)31-35(3)4)56-49(55-47)64-23-19-62(20-24-64)46(69)43(32-37-11-13-38(67)14-12-37)66-34-41(58-60-66)44(52)36(5)7-2;/h1,11-14,33-36,39,42-44,67H,7-10,15-32,50-52H2,2-5H3,(H,53,54,55,56);1H/p-1. The van der Waals surface area contributed by atoms with Crippen molar-refractivity contribution in [1.82, 2.24) is 54.7 Å². The lowest BCUT2D eigenvalue weighted by molar-refractivity contribution is -0.136. The van der Waals surface area contributed by atoms with E-state index < -0.39 is 12.1 Å². The van der Waals surface area contributed by atoms with Gasteiger partial charge in [-0.2, -0.15) is 15.0 Å². The van der Waals surface area contributed by atoms with Crippen LogP contribution < -0.4 is 44.7 Å². The van der Waals surface area contributed by atoms with Crippen LogP contribution in [-0.2, 0) is 30.2 Å². The van der Waals surface area contributed by atoms with Crippen molar-refractivity contribution in [2.75, 3.05) is 120 Å². The van der Waals surface area contributed by atoms with Crippen molar-refractivity contribution in [2.24, 2.45) is 29.0 Å². The third-order valence-corrected chi connectivity index (χ3v) is 13.1. The summed E-state index contributed by atoms with van der Waals surface area (Å²) in [4.78, 5) is 51.3. The van der Waals surface area contributed by atoms with Gasteiger partial charge in [-0.15, -0.1) is 16.6 Å². The fraction of sp³-hybridized carbons (Fsp3) is 0.653. The third kappa shape index (κ3) is 17.2. The highest BCUT2D eigenvalue weighted by Crippen LogP contribution is 2.27. The first kappa shape index (κ1) is 58.2. The molecule has 0 radical (unpaired) electrons. The summed E-state index contributed by atoms with van der Waals surface area (Å²) in [5, 5.41) is 30.8. The summed E-state index contributed by atoms with van der Waals surface area (Å²) in [5.41, 5.74) is 21.0. The summed E-state index contributed by atoms with van der Waals surface area (Å²) in [6.07, 6.45) is 12.9. The quantitative estimate of drug-likeness (QED) is 0.0326. The number of halogens is 1. The van der Waals surface area contributed by atoms with Crippen molar-refractivity contribution in [3.63, 3.8) is 0 Å². The first-order chi connectivity index (χ1) is 34.9. The monoisotopic (exact) mass is 1030 g/mol. The van der Waals surface area contributed by atoms with E-state index in [1.165, 1.54) is 0 Å². The van der Waals surface area contributed by atoms with Gasteiger partial charge in [0.1, 0.15) is 24.4 Å². The van der Waals surface area contributed by atoms with Crippen molar-refractivity contribution < 1.29 is 41.3 Å². The van der Waals surface area contributed by atoms with E-state index in [1.807, 2.05) is 16.0 Å². The van der Waals surface area contributed by atoms with Crippen molar-refractivity contribution >= 4 is 29.7 Å². The first-order valence-corrected chi connectivity index (χ1v) is 25.5. The van der Waals surface area contributed by atoms with Gasteiger partial charge in [0.15, 0.2) is 0 Å². The predicted molar refractivity (Wildman–Crippen MR) is 273 cm³/mol. The molecule has 0 bridgehead atoms. The Morgan fingerprint density at radius 2 is 1.32 bits per heavy atom. The van der Waals surface area contributed by atoms with Crippen LogP contribution in [0.3, 0.4) is 0 Å². The molecule has 23 nitrogen and oxygen atoms in total. The lowest BCUT2D eigenvalue weighted by atomic mass is 9.98. The summed E-state index contributed by atoms with van der Waals surface area (Å²) in [7, 11) is 0. The van der Waals surface area contributed by atoms with E-state index in [0.717, 1.165) is 31.2 Å². The average Bonchev–Trinajstić information content (AvgIpc) is 4.10. The van der Waals surface area contributed by atoms with Gasteiger partial charge in [0.25, 0.3) is 0 Å². The zero-order valence-corrected chi connectivity index (χ0v) is 43.7. The van der Waals surface area contributed by atoms with Gasteiger partial charge in [-0.3, -0.25) is 9.59 Å². The molecule has 2 amide bonds. The number of benzene rings is 1. The molecule has 3 aromatic heterocycles. The number of carbonyl (C=O) groups is 2. The summed E-state index contributed by atoms with van der Waals surface area (Å²) in [6.45, 7) is 15.2. The van der Waals surface area contributed by atoms with Crippen molar-refractivity contribution in [2.45, 2.75) is 90.4 Å². The minimum absolute atomic E-state index is 0. The van der Waals surface area contributed by atoms with Gasteiger partial charge in [-0.25, -0.2) is 9.36 Å². The summed E-state index contributed by atoms with van der Waals surface area (Å²) in [6, 6.07) is 5.02. The SMILES string of the molecule is C#CCOCCOCCOCCNc1nc(N2CCN(C(=O)C(CCCCN)n3cc(C(N)CC(C)C)nn3)CC2)nc(N2CCN(C(=O)C(Cc3ccc(O)cc3)n3cc(C(N)C(C)CC)nn3)CC2)n1.[Cl-]. The number of aromatic hydroxyl groups is 1. The van der Waals surface area contributed by atoms with E-state index in [2.05, 4.69) is 69.4 Å². The molecule has 6 rings (SSSR count). The zero-order chi connectivity index (χ0) is 51.4. The van der Waals surface area contributed by atoms with Crippen LogP contribution in [0.1, 0.15) is 101 Å². The molecule has 73 heavy (non-hydrogen) atoms. The van der Waals surface area contributed by atoms with E-state index in [0.29, 0.717) is 146 Å². The lowest BCUT2D eigenvalue weighted by Crippen LogP contribution is -3.00. The van der Waals surface area contributed by atoms with Gasteiger partial charge in [0, 0.05) is 65.3 Å². The normalized spacial score (nSPS) is 16.2. The highest BCUT2D eigenvalue weighted by molar-refractivity contribution is 5.81. The Labute approximate surface area is 435 Å². The molecule has 0 saturated carbocycles. The number of anilines is 3. The first-order valence-electron chi connectivity index (χ1n) is 25.5. The van der Waals surface area contributed by atoms with Gasteiger partial charge in [0.05, 0.1) is 68.9 Å². The summed E-state index contributed by atoms with van der Waals surface area (Å²) >= 11 is 0. The molecule has 5 heterocycles. The van der Waals surface area contributed by atoms with Crippen LogP contribution in [0.25, 0.3) is 0 Å². The van der Waals surface area contributed by atoms with E-state index in [-0.39, 0.29) is 54.6 Å². The second-order valence-electron chi connectivity index (χ2n) is 18.9. The fourth-order valence-electron chi connectivity index (χ4n) is 8.58. The number of terminal acetylenes is 1. The Bertz CT molecular complexity index is 2300. The molecule has 2 aliphatic rings. The second-order valence-corrected chi connectivity index (χ2v) is 18.9. The summed E-state index contributed by atoms with van der Waals surface area (Å²) < 4.78 is 19.9. The Balaban J connectivity index is 0.00000988. The highest BCUT2D eigenvalue weighted by Gasteiger charge is 2.34. The number of nitrogens with one attached hydrogen (secondary N) is 1. The smallest absolute Gasteiger partial charge is 0.247 e. The number of unbranched alkanes of at least 4 members (excludes halogenated alkanes) is 1. The van der Waals surface area contributed by atoms with Crippen LogP contribution in [0.2, 0.25) is 0 Å². The number of hydrogen-bond acceptors (Lipinski definition) is 19. The topological polar surface area (TPSA) is 285 Å². The predicted octanol–water partition coefficient (Wildman–Crippen LogP) is -0.898. The molecule has 402 valence electrons. The number of phenolic OH excluding ortho intramolecular Hbond substituents is 1. The van der Waals surface area contributed by atoms with Crippen LogP contribution in [0, 0.1) is 24.2 Å². The minimum atomic E-state index is -0.693. The Morgan fingerprint density at radius 3 is 1.89 bits per heavy atom.